The van der Waals surface area contributed by atoms with Crippen LogP contribution in [0.15, 0.2) is 40.9 Å². The molecule has 0 bridgehead atoms. The van der Waals surface area contributed by atoms with Gasteiger partial charge in [-0.05, 0) is 68.3 Å². The average Bonchev–Trinajstić information content (AvgIpc) is 2.62. The van der Waals surface area contributed by atoms with E-state index in [1.807, 2.05) is 26.0 Å². The van der Waals surface area contributed by atoms with E-state index in [4.69, 9.17) is 4.74 Å². The summed E-state index contributed by atoms with van der Waals surface area (Å²) in [6.45, 7) is 6.79. The van der Waals surface area contributed by atoms with Crippen molar-refractivity contribution >= 4 is 39.3 Å². The maximum Gasteiger partial charge on any atom is 0.279 e. The van der Waals surface area contributed by atoms with Gasteiger partial charge >= 0.3 is 0 Å². The molecule has 0 fully saturated rings. The molecule has 0 heterocycles. The number of carbonyl (C=O) groups is 3. The van der Waals surface area contributed by atoms with Crippen molar-refractivity contribution in [2.75, 3.05) is 5.32 Å². The smallest absolute Gasteiger partial charge is 0.279 e. The highest BCUT2D eigenvalue weighted by Gasteiger charge is 2.18. The zero-order valence-corrected chi connectivity index (χ0v) is 17.6. The third-order valence-corrected chi connectivity index (χ3v) is 4.31. The van der Waals surface area contributed by atoms with Gasteiger partial charge in [0, 0.05) is 22.6 Å². The Balaban J connectivity index is 1.92. The number of hydrogen-bond acceptors (Lipinski definition) is 4. The number of halogens is 1. The number of amides is 3. The molecule has 2 aromatic carbocycles. The van der Waals surface area contributed by atoms with Gasteiger partial charge in [-0.1, -0.05) is 15.9 Å². The van der Waals surface area contributed by atoms with Gasteiger partial charge in [-0.2, -0.15) is 0 Å². The van der Waals surface area contributed by atoms with Gasteiger partial charge in [0.1, 0.15) is 5.75 Å². The van der Waals surface area contributed by atoms with E-state index in [0.29, 0.717) is 17.0 Å². The Labute approximate surface area is 171 Å². The number of carbonyl (C=O) groups excluding carboxylic acids is 3. The van der Waals surface area contributed by atoms with Crippen molar-refractivity contribution < 1.29 is 19.1 Å². The summed E-state index contributed by atoms with van der Waals surface area (Å²) in [5, 5.41) is 2.61. The molecule has 28 heavy (non-hydrogen) atoms. The fourth-order valence-electron chi connectivity index (χ4n) is 2.51. The van der Waals surface area contributed by atoms with Gasteiger partial charge in [-0.3, -0.25) is 25.2 Å². The summed E-state index contributed by atoms with van der Waals surface area (Å²) in [4.78, 5) is 35.4. The first-order valence-electron chi connectivity index (χ1n) is 8.58. The maximum absolute atomic E-state index is 12.2. The van der Waals surface area contributed by atoms with E-state index in [-0.39, 0.29) is 5.91 Å². The van der Waals surface area contributed by atoms with Gasteiger partial charge < -0.3 is 10.1 Å². The molecule has 0 saturated carbocycles. The minimum Gasteiger partial charge on any atom is -0.480 e. The quantitative estimate of drug-likeness (QED) is 0.612. The highest BCUT2D eigenvalue weighted by atomic mass is 79.9. The van der Waals surface area contributed by atoms with Crippen molar-refractivity contribution in [1.29, 1.82) is 0 Å². The SMILES string of the molecule is CC(=O)Nc1ccc(C(=O)NNC(=O)C(C)Oc2c(C)cc(Br)cc2C)cc1. The van der Waals surface area contributed by atoms with Crippen LogP contribution in [0.1, 0.15) is 35.3 Å². The highest BCUT2D eigenvalue weighted by Crippen LogP contribution is 2.28. The summed E-state index contributed by atoms with van der Waals surface area (Å²) < 4.78 is 6.69. The molecule has 3 amide bonds. The zero-order valence-electron chi connectivity index (χ0n) is 16.1. The van der Waals surface area contributed by atoms with Gasteiger partial charge in [0.15, 0.2) is 6.10 Å². The summed E-state index contributed by atoms with van der Waals surface area (Å²) >= 11 is 3.42. The van der Waals surface area contributed by atoms with E-state index >= 15 is 0 Å². The van der Waals surface area contributed by atoms with E-state index in [0.717, 1.165) is 15.6 Å². The minimum atomic E-state index is -0.805. The molecule has 0 aliphatic carbocycles. The van der Waals surface area contributed by atoms with Crippen molar-refractivity contribution in [3.63, 3.8) is 0 Å². The van der Waals surface area contributed by atoms with E-state index in [9.17, 15) is 14.4 Å². The van der Waals surface area contributed by atoms with Crippen LogP contribution in [0.25, 0.3) is 0 Å². The molecular formula is C20H22BrN3O4. The largest absolute Gasteiger partial charge is 0.480 e. The molecule has 0 spiro atoms. The molecule has 0 aliphatic rings. The molecule has 0 aliphatic heterocycles. The second-order valence-electron chi connectivity index (χ2n) is 6.33. The van der Waals surface area contributed by atoms with Crippen LogP contribution in [0.3, 0.4) is 0 Å². The molecule has 1 unspecified atom stereocenters. The van der Waals surface area contributed by atoms with Crippen LogP contribution >= 0.6 is 15.9 Å². The third kappa shape index (κ3) is 5.82. The summed E-state index contributed by atoms with van der Waals surface area (Å²) in [5.41, 5.74) is 7.42. The molecule has 0 aromatic heterocycles. The lowest BCUT2D eigenvalue weighted by molar-refractivity contribution is -0.128. The first-order chi connectivity index (χ1) is 13.2. The number of ether oxygens (including phenoxy) is 1. The third-order valence-electron chi connectivity index (χ3n) is 3.86. The van der Waals surface area contributed by atoms with E-state index in [1.165, 1.54) is 6.92 Å². The summed E-state index contributed by atoms with van der Waals surface area (Å²) in [5.74, 6) is -0.531. The first kappa shape index (κ1) is 21.4. The Morgan fingerprint density at radius 2 is 1.57 bits per heavy atom. The highest BCUT2D eigenvalue weighted by molar-refractivity contribution is 9.10. The van der Waals surface area contributed by atoms with E-state index in [2.05, 4.69) is 32.1 Å². The van der Waals surface area contributed by atoms with Gasteiger partial charge in [0.05, 0.1) is 0 Å². The van der Waals surface area contributed by atoms with Crippen molar-refractivity contribution in [3.05, 3.63) is 57.6 Å². The Bertz CT molecular complexity index is 874. The Kier molecular flexibility index (Phi) is 7.17. The Morgan fingerprint density at radius 1 is 1.00 bits per heavy atom. The number of aryl methyl sites for hydroxylation is 2. The fraction of sp³-hybridized carbons (Fsp3) is 0.250. The number of hydrogen-bond donors (Lipinski definition) is 3. The van der Waals surface area contributed by atoms with Crippen molar-refractivity contribution in [3.8, 4) is 5.75 Å². The lowest BCUT2D eigenvalue weighted by Gasteiger charge is -2.18. The topological polar surface area (TPSA) is 96.5 Å². The maximum atomic E-state index is 12.2. The van der Waals surface area contributed by atoms with Crippen LogP contribution < -0.4 is 20.9 Å². The molecule has 3 N–H and O–H groups in total. The Morgan fingerprint density at radius 3 is 2.11 bits per heavy atom. The standard InChI is InChI=1S/C20H22BrN3O4/c1-11-9-16(21)10-12(2)18(11)28-13(3)19(26)23-24-20(27)15-5-7-17(8-6-15)22-14(4)25/h5-10,13H,1-4H3,(H,22,25)(H,23,26)(H,24,27). The number of rotatable bonds is 5. The van der Waals surface area contributed by atoms with Crippen LogP contribution in [0.5, 0.6) is 5.75 Å². The van der Waals surface area contributed by atoms with Crippen molar-refractivity contribution in [2.24, 2.45) is 0 Å². The Hall–Kier alpha value is -2.87. The van der Waals surface area contributed by atoms with Crippen LogP contribution in [0.2, 0.25) is 0 Å². The monoisotopic (exact) mass is 447 g/mol. The van der Waals surface area contributed by atoms with E-state index < -0.39 is 17.9 Å². The number of nitrogens with one attached hydrogen (secondary N) is 3. The van der Waals surface area contributed by atoms with Crippen LogP contribution in [0, 0.1) is 13.8 Å². The summed E-state index contributed by atoms with van der Waals surface area (Å²) in [6.07, 6.45) is -0.805. The molecular weight excluding hydrogens is 426 g/mol. The normalized spacial score (nSPS) is 11.3. The molecule has 0 saturated heterocycles. The molecule has 0 radical (unpaired) electrons. The van der Waals surface area contributed by atoms with Gasteiger partial charge in [-0.15, -0.1) is 0 Å². The first-order valence-corrected chi connectivity index (χ1v) is 9.38. The summed E-state index contributed by atoms with van der Waals surface area (Å²) in [6, 6.07) is 10.1. The number of benzene rings is 2. The second kappa shape index (κ2) is 9.36. The van der Waals surface area contributed by atoms with Gasteiger partial charge in [0.2, 0.25) is 5.91 Å². The molecule has 1 atom stereocenters. The lowest BCUT2D eigenvalue weighted by Crippen LogP contribution is -2.47. The molecule has 2 aromatic rings. The molecule has 2 rings (SSSR count). The average molecular weight is 448 g/mol. The van der Waals surface area contributed by atoms with Crippen molar-refractivity contribution in [2.45, 2.75) is 33.8 Å². The zero-order chi connectivity index (χ0) is 20.8. The summed E-state index contributed by atoms with van der Waals surface area (Å²) in [7, 11) is 0. The fourth-order valence-corrected chi connectivity index (χ4v) is 3.20. The molecule has 148 valence electrons. The van der Waals surface area contributed by atoms with Gasteiger partial charge in [-0.25, -0.2) is 0 Å². The number of anilines is 1. The number of hydrazine groups is 1. The van der Waals surface area contributed by atoms with Gasteiger partial charge in [0.25, 0.3) is 11.8 Å². The van der Waals surface area contributed by atoms with E-state index in [1.54, 1.807) is 31.2 Å². The van der Waals surface area contributed by atoms with Crippen LogP contribution in [0.4, 0.5) is 5.69 Å². The second-order valence-corrected chi connectivity index (χ2v) is 7.25. The van der Waals surface area contributed by atoms with Crippen molar-refractivity contribution in [1.82, 2.24) is 10.9 Å². The minimum absolute atomic E-state index is 0.199. The van der Waals surface area contributed by atoms with Crippen LogP contribution in [-0.2, 0) is 9.59 Å². The predicted molar refractivity (Wildman–Crippen MR) is 110 cm³/mol. The lowest BCUT2D eigenvalue weighted by atomic mass is 10.1. The molecule has 8 heteroatoms. The molecule has 7 nitrogen and oxygen atoms in total. The predicted octanol–water partition coefficient (Wildman–Crippen LogP) is 3.25. The van der Waals surface area contributed by atoms with Crippen LogP contribution in [-0.4, -0.2) is 23.8 Å².